The van der Waals surface area contributed by atoms with E-state index in [0.717, 1.165) is 0 Å². The summed E-state index contributed by atoms with van der Waals surface area (Å²) in [5.41, 5.74) is -2.01. The van der Waals surface area contributed by atoms with Crippen LogP contribution in [0.15, 0.2) is 0 Å². The normalized spacial score (nSPS) is 14.7. The van der Waals surface area contributed by atoms with Crippen molar-refractivity contribution in [3.8, 4) is 0 Å². The van der Waals surface area contributed by atoms with Gasteiger partial charge in [-0.3, -0.25) is 9.36 Å². The van der Waals surface area contributed by atoms with Crippen LogP contribution in [0.3, 0.4) is 0 Å². The van der Waals surface area contributed by atoms with Crippen molar-refractivity contribution in [3.05, 3.63) is 0 Å². The van der Waals surface area contributed by atoms with Crippen LogP contribution in [-0.4, -0.2) is 49.2 Å². The molecule has 2 unspecified atom stereocenters. The molecule has 0 aromatic rings. The smallest absolute Gasteiger partial charge is 0.407 e. The van der Waals surface area contributed by atoms with Gasteiger partial charge in [-0.15, -0.1) is 0 Å². The molecule has 0 fully saturated rings. The van der Waals surface area contributed by atoms with Gasteiger partial charge in [0.2, 0.25) is 0 Å². The molecule has 0 spiro atoms. The number of nitrogens with one attached hydrogen (secondary N) is 1. The second-order valence-corrected chi connectivity index (χ2v) is 9.14. The van der Waals surface area contributed by atoms with Gasteiger partial charge in [-0.25, -0.2) is 4.79 Å². The van der Waals surface area contributed by atoms with Gasteiger partial charge in [0.05, 0.1) is 25.9 Å². The van der Waals surface area contributed by atoms with E-state index in [1.165, 1.54) is 0 Å². The molecule has 1 N–H and O–H groups in total. The fourth-order valence-electron chi connectivity index (χ4n) is 2.31. The molecule has 0 saturated heterocycles. The van der Waals surface area contributed by atoms with E-state index >= 15 is 0 Å². The molecule has 0 rings (SSSR count). The number of carbonyl (C=O) groups is 2. The number of esters is 1. The number of rotatable bonds is 10. The summed E-state index contributed by atoms with van der Waals surface area (Å²) in [4.78, 5) is 24.8. The Kier molecular flexibility index (Phi) is 10.4. The van der Waals surface area contributed by atoms with E-state index in [-0.39, 0.29) is 25.7 Å². The van der Waals surface area contributed by atoms with Crippen LogP contribution in [0.1, 0.15) is 55.4 Å². The van der Waals surface area contributed by atoms with Gasteiger partial charge < -0.3 is 23.8 Å². The Labute approximate surface area is 156 Å². The first-order valence-electron chi connectivity index (χ1n) is 8.96. The molecule has 0 saturated carbocycles. The molecule has 26 heavy (non-hydrogen) atoms. The molecular weight excluding hydrogens is 361 g/mol. The highest BCUT2D eigenvalue weighted by atomic mass is 31.2. The van der Waals surface area contributed by atoms with Gasteiger partial charge in [-0.1, -0.05) is 13.8 Å². The molecule has 0 aromatic heterocycles. The monoisotopic (exact) mass is 395 g/mol. The molecular formula is C17H34NO7P. The van der Waals surface area contributed by atoms with Crippen LogP contribution in [0.25, 0.3) is 0 Å². The standard InChI is InChI=1S/C17H34NO7P/c1-9-22-15(19)14(26(21,23-10-2)24-11-3)13(12(4)5)18-16(20)25-17(6,7)8/h12-14H,9-11H2,1-8H3,(H,18,20). The van der Waals surface area contributed by atoms with Crippen molar-refractivity contribution in [2.24, 2.45) is 5.92 Å². The molecule has 1 amide bonds. The highest BCUT2D eigenvalue weighted by Crippen LogP contribution is 2.55. The van der Waals surface area contributed by atoms with E-state index in [2.05, 4.69) is 5.32 Å². The Morgan fingerprint density at radius 3 is 1.85 bits per heavy atom. The van der Waals surface area contributed by atoms with E-state index in [1.54, 1.807) is 55.4 Å². The summed E-state index contributed by atoms with van der Waals surface area (Å²) in [6.07, 6.45) is -0.718. The zero-order valence-electron chi connectivity index (χ0n) is 17.2. The van der Waals surface area contributed by atoms with Crippen LogP contribution < -0.4 is 5.32 Å². The number of hydrogen-bond acceptors (Lipinski definition) is 7. The van der Waals surface area contributed by atoms with E-state index in [1.807, 2.05) is 0 Å². The molecule has 0 radical (unpaired) electrons. The van der Waals surface area contributed by atoms with Crippen molar-refractivity contribution >= 4 is 19.7 Å². The minimum atomic E-state index is -3.88. The highest BCUT2D eigenvalue weighted by molar-refractivity contribution is 7.55. The maximum absolute atomic E-state index is 13.3. The third kappa shape index (κ3) is 8.06. The molecule has 0 aliphatic rings. The van der Waals surface area contributed by atoms with Crippen molar-refractivity contribution in [2.45, 2.75) is 72.7 Å². The Morgan fingerprint density at radius 2 is 1.50 bits per heavy atom. The van der Waals surface area contributed by atoms with Crippen molar-refractivity contribution in [3.63, 3.8) is 0 Å². The molecule has 9 heteroatoms. The topological polar surface area (TPSA) is 100 Å². The lowest BCUT2D eigenvalue weighted by molar-refractivity contribution is -0.144. The first-order chi connectivity index (χ1) is 11.9. The predicted molar refractivity (Wildman–Crippen MR) is 99.3 cm³/mol. The second kappa shape index (κ2) is 10.9. The van der Waals surface area contributed by atoms with Gasteiger partial charge in [0.1, 0.15) is 5.60 Å². The maximum atomic E-state index is 13.3. The Balaban J connectivity index is 5.86. The SMILES string of the molecule is CCOC(=O)C(C(NC(=O)OC(C)(C)C)C(C)C)P(=O)(OCC)OCC. The maximum Gasteiger partial charge on any atom is 0.407 e. The third-order valence-corrected chi connectivity index (χ3v) is 5.68. The number of carbonyl (C=O) groups excluding carboxylic acids is 2. The quantitative estimate of drug-likeness (QED) is 0.444. The van der Waals surface area contributed by atoms with Crippen molar-refractivity contribution in [1.82, 2.24) is 5.32 Å². The predicted octanol–water partition coefficient (Wildman–Crippen LogP) is 3.73. The van der Waals surface area contributed by atoms with Gasteiger partial charge in [0.25, 0.3) is 0 Å². The number of alkyl carbamates (subject to hydrolysis) is 1. The van der Waals surface area contributed by atoms with Gasteiger partial charge in [-0.2, -0.15) is 0 Å². The molecule has 0 aliphatic heterocycles. The lowest BCUT2D eigenvalue weighted by atomic mass is 10.0. The molecule has 0 aromatic carbocycles. The molecule has 154 valence electrons. The largest absolute Gasteiger partial charge is 0.465 e. The van der Waals surface area contributed by atoms with Crippen LogP contribution in [0.5, 0.6) is 0 Å². The summed E-state index contributed by atoms with van der Waals surface area (Å²) >= 11 is 0. The summed E-state index contributed by atoms with van der Waals surface area (Å²) in [6, 6.07) is -0.854. The Morgan fingerprint density at radius 1 is 1.00 bits per heavy atom. The van der Waals surface area contributed by atoms with Gasteiger partial charge in [0, 0.05) is 0 Å². The van der Waals surface area contributed by atoms with Gasteiger partial charge >= 0.3 is 19.7 Å². The molecule has 0 heterocycles. The van der Waals surface area contributed by atoms with Crippen LogP contribution in [0.4, 0.5) is 4.79 Å². The summed E-state index contributed by atoms with van der Waals surface area (Å²) in [7, 11) is -3.88. The first-order valence-corrected chi connectivity index (χ1v) is 10.6. The molecule has 0 aliphatic carbocycles. The average Bonchev–Trinajstić information content (AvgIpc) is 2.45. The lowest BCUT2D eigenvalue weighted by Crippen LogP contribution is -2.51. The summed E-state index contributed by atoms with van der Waals surface area (Å²) < 4.78 is 34.4. The number of amides is 1. The van der Waals surface area contributed by atoms with Gasteiger partial charge in [-0.05, 0) is 47.5 Å². The fourth-order valence-corrected chi connectivity index (χ4v) is 4.57. The molecule has 8 nitrogen and oxygen atoms in total. The van der Waals surface area contributed by atoms with Crippen molar-refractivity contribution in [1.29, 1.82) is 0 Å². The number of hydrogen-bond donors (Lipinski definition) is 1. The average molecular weight is 395 g/mol. The van der Waals surface area contributed by atoms with Crippen molar-refractivity contribution < 1.29 is 32.7 Å². The molecule has 0 bridgehead atoms. The van der Waals surface area contributed by atoms with E-state index in [9.17, 15) is 14.2 Å². The molecule has 2 atom stereocenters. The van der Waals surface area contributed by atoms with E-state index in [4.69, 9.17) is 18.5 Å². The van der Waals surface area contributed by atoms with Crippen LogP contribution in [0.2, 0.25) is 0 Å². The first kappa shape index (κ1) is 24.9. The Hall–Kier alpha value is -1.11. The highest BCUT2D eigenvalue weighted by Gasteiger charge is 2.49. The van der Waals surface area contributed by atoms with E-state index in [0.29, 0.717) is 0 Å². The lowest BCUT2D eigenvalue weighted by Gasteiger charge is -2.34. The van der Waals surface area contributed by atoms with E-state index < -0.39 is 37.0 Å². The summed E-state index contributed by atoms with van der Waals surface area (Å²) in [5, 5.41) is 2.64. The second-order valence-electron chi connectivity index (χ2n) is 6.99. The minimum absolute atomic E-state index is 0.0877. The van der Waals surface area contributed by atoms with Gasteiger partial charge in [0.15, 0.2) is 5.66 Å². The third-order valence-electron chi connectivity index (χ3n) is 3.23. The van der Waals surface area contributed by atoms with Crippen LogP contribution in [-0.2, 0) is 27.9 Å². The fraction of sp³-hybridized carbons (Fsp3) is 0.882. The van der Waals surface area contributed by atoms with Crippen LogP contribution >= 0.6 is 7.60 Å². The zero-order valence-corrected chi connectivity index (χ0v) is 18.1. The summed E-state index contributed by atoms with van der Waals surface area (Å²) in [6.45, 7) is 14.0. The Bertz CT molecular complexity index is 492. The minimum Gasteiger partial charge on any atom is -0.465 e. The summed E-state index contributed by atoms with van der Waals surface area (Å²) in [5.74, 6) is -1.00. The van der Waals surface area contributed by atoms with Crippen molar-refractivity contribution in [2.75, 3.05) is 19.8 Å². The van der Waals surface area contributed by atoms with Crippen LogP contribution in [0, 0.1) is 5.92 Å². The number of ether oxygens (including phenoxy) is 2. The zero-order chi connectivity index (χ0) is 20.5.